The Hall–Kier alpha value is -1.57. The molecule has 0 radical (unpaired) electrons. The number of nitrogens with zero attached hydrogens (tertiary/aromatic N) is 1. The van der Waals surface area contributed by atoms with Crippen LogP contribution in [0.3, 0.4) is 0 Å². The molecule has 19 heavy (non-hydrogen) atoms. The molecule has 0 saturated heterocycles. The van der Waals surface area contributed by atoms with Crippen molar-refractivity contribution in [2.24, 2.45) is 0 Å². The van der Waals surface area contributed by atoms with E-state index in [-0.39, 0.29) is 5.82 Å². The number of para-hydroxylation sites is 1. The Labute approximate surface area is 123 Å². The Morgan fingerprint density at radius 1 is 1.26 bits per heavy atom. The number of hydrogen-bond donors (Lipinski definition) is 1. The van der Waals surface area contributed by atoms with Crippen LogP contribution >= 0.6 is 27.5 Å². The van der Waals surface area contributed by atoms with Crippen LogP contribution in [0.5, 0.6) is 0 Å². The van der Waals surface area contributed by atoms with Crippen LogP contribution in [0, 0.1) is 17.1 Å². The van der Waals surface area contributed by atoms with Gasteiger partial charge in [-0.1, -0.05) is 29.8 Å². The van der Waals surface area contributed by atoms with E-state index >= 15 is 0 Å². The summed E-state index contributed by atoms with van der Waals surface area (Å²) >= 11 is 9.13. The van der Waals surface area contributed by atoms with Crippen LogP contribution in [-0.2, 0) is 0 Å². The Morgan fingerprint density at radius 2 is 2.00 bits per heavy atom. The molecule has 0 aliphatic heterocycles. The molecule has 0 aliphatic carbocycles. The number of nitrogens with one attached hydrogen (secondary N) is 1. The molecule has 2 rings (SSSR count). The summed E-state index contributed by atoms with van der Waals surface area (Å²) in [5, 5.41) is 12.8. The van der Waals surface area contributed by atoms with Gasteiger partial charge < -0.3 is 5.32 Å². The molecule has 0 fully saturated rings. The third-order valence-corrected chi connectivity index (χ3v) is 3.52. The van der Waals surface area contributed by atoms with Gasteiger partial charge in [-0.05, 0) is 45.8 Å². The topological polar surface area (TPSA) is 35.8 Å². The van der Waals surface area contributed by atoms with E-state index in [1.807, 2.05) is 12.1 Å². The molecule has 0 spiro atoms. The van der Waals surface area contributed by atoms with Crippen LogP contribution in [0.1, 0.15) is 11.6 Å². The number of nitriles is 1. The molecule has 0 saturated carbocycles. The standard InChI is InChI=1S/C14H9BrClFN2/c15-10-7-9(5-6-12(10)17)14(8-18)19-13-4-2-1-3-11(13)16/h1-7,14,19H. The Morgan fingerprint density at radius 3 is 2.63 bits per heavy atom. The summed E-state index contributed by atoms with van der Waals surface area (Å²) in [6.45, 7) is 0. The number of benzene rings is 2. The Bertz CT molecular complexity index is 640. The van der Waals surface area contributed by atoms with Crippen molar-refractivity contribution in [3.05, 3.63) is 63.3 Å². The zero-order valence-corrected chi connectivity index (χ0v) is 12.0. The highest BCUT2D eigenvalue weighted by Gasteiger charge is 2.13. The third-order valence-electron chi connectivity index (χ3n) is 2.58. The second-order valence-corrected chi connectivity index (χ2v) is 5.12. The van der Waals surface area contributed by atoms with Crippen molar-refractivity contribution in [3.8, 4) is 6.07 Å². The van der Waals surface area contributed by atoms with E-state index < -0.39 is 6.04 Å². The number of hydrogen-bond acceptors (Lipinski definition) is 2. The third kappa shape index (κ3) is 3.25. The maximum Gasteiger partial charge on any atom is 0.140 e. The average molecular weight is 340 g/mol. The summed E-state index contributed by atoms with van der Waals surface area (Å²) in [5.41, 5.74) is 1.33. The summed E-state index contributed by atoms with van der Waals surface area (Å²) in [6, 6.07) is 13.1. The van der Waals surface area contributed by atoms with E-state index in [1.165, 1.54) is 6.07 Å². The summed E-state index contributed by atoms with van der Waals surface area (Å²) in [4.78, 5) is 0. The predicted molar refractivity (Wildman–Crippen MR) is 77.5 cm³/mol. The van der Waals surface area contributed by atoms with Crippen LogP contribution in [0.2, 0.25) is 5.02 Å². The van der Waals surface area contributed by atoms with Crippen molar-refractivity contribution in [2.45, 2.75) is 6.04 Å². The molecule has 2 aromatic rings. The molecule has 0 aromatic heterocycles. The molecule has 0 heterocycles. The smallest absolute Gasteiger partial charge is 0.140 e. The maximum atomic E-state index is 13.2. The summed E-state index contributed by atoms with van der Waals surface area (Å²) in [7, 11) is 0. The summed E-state index contributed by atoms with van der Waals surface area (Å²) in [6.07, 6.45) is 0. The first-order valence-corrected chi connectivity index (χ1v) is 6.64. The van der Waals surface area contributed by atoms with Crippen molar-refractivity contribution in [1.29, 1.82) is 5.26 Å². The van der Waals surface area contributed by atoms with E-state index in [2.05, 4.69) is 27.3 Å². The lowest BCUT2D eigenvalue weighted by Crippen LogP contribution is -2.09. The van der Waals surface area contributed by atoms with E-state index in [0.29, 0.717) is 20.7 Å². The predicted octanol–water partition coefficient (Wildman–Crippen LogP) is 4.92. The van der Waals surface area contributed by atoms with E-state index in [9.17, 15) is 9.65 Å². The van der Waals surface area contributed by atoms with Gasteiger partial charge in [-0.2, -0.15) is 5.26 Å². The second kappa shape index (κ2) is 6.05. The summed E-state index contributed by atoms with van der Waals surface area (Å²) < 4.78 is 13.5. The minimum absolute atomic E-state index is 0.325. The normalized spacial score (nSPS) is 11.7. The van der Waals surface area contributed by atoms with Gasteiger partial charge in [0.1, 0.15) is 11.9 Å². The number of anilines is 1. The highest BCUT2D eigenvalue weighted by molar-refractivity contribution is 9.10. The SMILES string of the molecule is N#CC(Nc1ccccc1Cl)c1ccc(F)c(Br)c1. The van der Waals surface area contributed by atoms with E-state index in [1.54, 1.807) is 24.3 Å². The Balaban J connectivity index is 2.28. The van der Waals surface area contributed by atoms with Gasteiger partial charge in [-0.3, -0.25) is 0 Å². The maximum absolute atomic E-state index is 13.2. The van der Waals surface area contributed by atoms with Gasteiger partial charge in [-0.25, -0.2) is 4.39 Å². The van der Waals surface area contributed by atoms with Crippen molar-refractivity contribution in [1.82, 2.24) is 0 Å². The van der Waals surface area contributed by atoms with Crippen molar-refractivity contribution in [2.75, 3.05) is 5.32 Å². The fraction of sp³-hybridized carbons (Fsp3) is 0.0714. The monoisotopic (exact) mass is 338 g/mol. The van der Waals surface area contributed by atoms with Crippen LogP contribution < -0.4 is 5.32 Å². The highest BCUT2D eigenvalue weighted by Crippen LogP contribution is 2.27. The first-order chi connectivity index (χ1) is 9.11. The first kappa shape index (κ1) is 13.9. The van der Waals surface area contributed by atoms with Crippen molar-refractivity contribution < 1.29 is 4.39 Å². The van der Waals surface area contributed by atoms with E-state index in [4.69, 9.17) is 11.6 Å². The molecule has 0 bridgehead atoms. The molecule has 5 heteroatoms. The fourth-order valence-electron chi connectivity index (χ4n) is 1.62. The van der Waals surface area contributed by atoms with Gasteiger partial charge in [0.05, 0.1) is 21.3 Å². The molecular formula is C14H9BrClFN2. The van der Waals surface area contributed by atoms with Crippen molar-refractivity contribution in [3.63, 3.8) is 0 Å². The molecule has 0 amide bonds. The molecule has 96 valence electrons. The van der Waals surface area contributed by atoms with Gasteiger partial charge >= 0.3 is 0 Å². The molecule has 1 N–H and O–H groups in total. The molecular weight excluding hydrogens is 331 g/mol. The second-order valence-electron chi connectivity index (χ2n) is 3.86. The van der Waals surface area contributed by atoms with Gasteiger partial charge in [0, 0.05) is 0 Å². The Kier molecular flexibility index (Phi) is 4.41. The largest absolute Gasteiger partial charge is 0.365 e. The molecule has 2 nitrogen and oxygen atoms in total. The minimum atomic E-state index is -0.600. The van der Waals surface area contributed by atoms with Gasteiger partial charge in [-0.15, -0.1) is 0 Å². The van der Waals surface area contributed by atoms with Gasteiger partial charge in [0.25, 0.3) is 0 Å². The lowest BCUT2D eigenvalue weighted by Gasteiger charge is -2.14. The lowest BCUT2D eigenvalue weighted by molar-refractivity contribution is 0.620. The van der Waals surface area contributed by atoms with Crippen LogP contribution in [0.15, 0.2) is 46.9 Å². The highest BCUT2D eigenvalue weighted by atomic mass is 79.9. The number of rotatable bonds is 3. The van der Waals surface area contributed by atoms with Crippen LogP contribution in [0.25, 0.3) is 0 Å². The molecule has 2 aromatic carbocycles. The molecule has 0 aliphatic rings. The number of halogens is 3. The fourth-order valence-corrected chi connectivity index (χ4v) is 2.20. The van der Waals surface area contributed by atoms with Crippen LogP contribution in [0.4, 0.5) is 10.1 Å². The van der Waals surface area contributed by atoms with Gasteiger partial charge in [0.2, 0.25) is 0 Å². The van der Waals surface area contributed by atoms with Crippen LogP contribution in [-0.4, -0.2) is 0 Å². The zero-order chi connectivity index (χ0) is 13.8. The first-order valence-electron chi connectivity index (χ1n) is 5.47. The average Bonchev–Trinajstić information content (AvgIpc) is 2.41. The minimum Gasteiger partial charge on any atom is -0.365 e. The van der Waals surface area contributed by atoms with Crippen molar-refractivity contribution >= 4 is 33.2 Å². The molecule has 1 unspecified atom stereocenters. The van der Waals surface area contributed by atoms with E-state index in [0.717, 1.165) is 0 Å². The molecule has 1 atom stereocenters. The zero-order valence-electron chi connectivity index (χ0n) is 9.70. The summed E-state index contributed by atoms with van der Waals surface area (Å²) in [5.74, 6) is -0.363. The quantitative estimate of drug-likeness (QED) is 0.861. The lowest BCUT2D eigenvalue weighted by atomic mass is 10.1. The van der Waals surface area contributed by atoms with Gasteiger partial charge in [0.15, 0.2) is 0 Å².